The van der Waals surface area contributed by atoms with Crippen LogP contribution in [0.4, 0.5) is 28.9 Å². The van der Waals surface area contributed by atoms with E-state index in [1.54, 1.807) is 13.8 Å². The van der Waals surface area contributed by atoms with Crippen LogP contribution in [-0.2, 0) is 31.3 Å². The van der Waals surface area contributed by atoms with Gasteiger partial charge in [0.1, 0.15) is 0 Å². The molecule has 0 aliphatic heterocycles. The Kier molecular flexibility index (Phi) is 14.8. The van der Waals surface area contributed by atoms with Gasteiger partial charge in [0.25, 0.3) is 0 Å². The summed E-state index contributed by atoms with van der Waals surface area (Å²) in [5.41, 5.74) is -2.33. The maximum Gasteiger partial charge on any atom is 2.00 e. The van der Waals surface area contributed by atoms with Gasteiger partial charge < -0.3 is 10.6 Å². The predicted octanol–water partition coefficient (Wildman–Crippen LogP) is 6.37. The van der Waals surface area contributed by atoms with E-state index in [0.717, 1.165) is 24.3 Å². The second kappa shape index (κ2) is 15.3. The minimum Gasteiger partial charge on any atom is -0.376 e. The van der Waals surface area contributed by atoms with Crippen molar-refractivity contribution >= 4 is 69.6 Å². The zero-order valence-electron chi connectivity index (χ0n) is 18.5. The molecule has 2 N–H and O–H groups in total. The van der Waals surface area contributed by atoms with Gasteiger partial charge in [0.05, 0.1) is 10.8 Å². The summed E-state index contributed by atoms with van der Waals surface area (Å²) in [4.78, 5) is 23.6. The maximum atomic E-state index is 13.2. The number of rotatable bonds is 8. The van der Waals surface area contributed by atoms with Crippen molar-refractivity contribution in [3.8, 4) is 0 Å². The summed E-state index contributed by atoms with van der Waals surface area (Å²) in [6, 6.07) is 7.86. The Morgan fingerprint density at radius 1 is 0.714 bits per heavy atom. The van der Waals surface area contributed by atoms with Crippen LogP contribution in [0.15, 0.2) is 24.3 Å². The van der Waals surface area contributed by atoms with E-state index in [4.69, 9.17) is 46.4 Å². The maximum absolute atomic E-state index is 13.2. The average molecular weight is 610 g/mol. The van der Waals surface area contributed by atoms with E-state index in [0.29, 0.717) is 0 Å². The Hall–Kier alpha value is -1.03. The Morgan fingerprint density at radius 3 is 1.23 bits per heavy atom. The number of nitrogens with one attached hydrogen (secondary N) is 2. The topological polar surface area (TPSA) is 58.2 Å². The van der Waals surface area contributed by atoms with Crippen molar-refractivity contribution in [2.24, 2.45) is 10.8 Å². The van der Waals surface area contributed by atoms with Crippen LogP contribution >= 0.6 is 46.4 Å². The largest absolute Gasteiger partial charge is 2.00 e. The molecule has 0 spiro atoms. The number of amides is 2. The van der Waals surface area contributed by atoms with Crippen LogP contribution in [0.1, 0.15) is 13.8 Å². The van der Waals surface area contributed by atoms with Gasteiger partial charge in [-0.15, -0.1) is 82.8 Å². The van der Waals surface area contributed by atoms with Gasteiger partial charge in [-0.2, -0.15) is 0 Å². The van der Waals surface area contributed by atoms with Crippen LogP contribution in [0.5, 0.6) is 0 Å². The Morgan fingerprint density at radius 2 is 1.00 bits per heavy atom. The fraction of sp³-hybridized carbons (Fsp3) is 0.364. The van der Waals surface area contributed by atoms with Crippen LogP contribution in [0.25, 0.3) is 0 Å². The van der Waals surface area contributed by atoms with Crippen molar-refractivity contribution < 1.29 is 48.9 Å². The molecule has 2 rings (SSSR count). The van der Waals surface area contributed by atoms with E-state index in [-0.39, 0.29) is 56.6 Å². The monoisotopic (exact) mass is 608 g/mol. The van der Waals surface area contributed by atoms with Gasteiger partial charge in [0, 0.05) is 46.8 Å². The zero-order valence-corrected chi connectivity index (χ0v) is 23.1. The van der Waals surface area contributed by atoms with Crippen LogP contribution in [-0.4, -0.2) is 35.3 Å². The Bertz CT molecular complexity index is 930. The number of hydrogen-bond acceptors (Lipinski definition) is 2. The van der Waals surface area contributed by atoms with Crippen LogP contribution in [0.2, 0.25) is 0 Å². The molecule has 0 heterocycles. The quantitative estimate of drug-likeness (QED) is 0.158. The second-order valence-corrected chi connectivity index (χ2v) is 8.70. The van der Waals surface area contributed by atoms with E-state index in [2.05, 4.69) is 10.6 Å². The van der Waals surface area contributed by atoms with E-state index in [1.807, 2.05) is 12.1 Å². The minimum absolute atomic E-state index is 0. The fourth-order valence-corrected chi connectivity index (χ4v) is 3.00. The van der Waals surface area contributed by atoms with Crippen molar-refractivity contribution in [1.82, 2.24) is 0 Å². The van der Waals surface area contributed by atoms with E-state index in [9.17, 15) is 27.2 Å². The first-order chi connectivity index (χ1) is 15.8. The molecule has 0 radical (unpaired) electrons. The zero-order chi connectivity index (χ0) is 26.1. The molecule has 4 nitrogen and oxygen atoms in total. The number of hydrogen-bond donors (Lipinski definition) is 2. The third-order valence-electron chi connectivity index (χ3n) is 4.50. The molecule has 0 atom stereocenters. The van der Waals surface area contributed by atoms with Gasteiger partial charge in [-0.05, 0) is 25.2 Å². The van der Waals surface area contributed by atoms with Crippen LogP contribution in [0, 0.1) is 46.2 Å². The molecule has 0 saturated carbocycles. The van der Waals surface area contributed by atoms with Gasteiger partial charge >= 0.3 is 21.7 Å². The first-order valence-corrected chi connectivity index (χ1v) is 11.6. The van der Waals surface area contributed by atoms with Crippen molar-refractivity contribution in [1.29, 1.82) is 0 Å². The first kappa shape index (κ1) is 34.0. The molecule has 0 aromatic heterocycles. The molecular weight excluding hydrogens is 590 g/mol. The van der Waals surface area contributed by atoms with E-state index < -0.39 is 45.9 Å². The van der Waals surface area contributed by atoms with Crippen molar-refractivity contribution in [3.63, 3.8) is 0 Å². The van der Waals surface area contributed by atoms with Crippen molar-refractivity contribution in [2.45, 2.75) is 13.8 Å². The third kappa shape index (κ3) is 9.75. The Labute approximate surface area is 235 Å². The van der Waals surface area contributed by atoms with Gasteiger partial charge in [-0.3, -0.25) is 9.59 Å². The summed E-state index contributed by atoms with van der Waals surface area (Å²) in [6.45, 7) is 3.10. The molecule has 0 unspecified atom stereocenters. The van der Waals surface area contributed by atoms with Gasteiger partial charge in [0.15, 0.2) is 0 Å². The van der Waals surface area contributed by atoms with Crippen molar-refractivity contribution in [2.75, 3.05) is 34.2 Å². The summed E-state index contributed by atoms with van der Waals surface area (Å²) in [5.74, 6) is -4.68. The summed E-state index contributed by atoms with van der Waals surface area (Å²) in [6.07, 6.45) is 0. The molecule has 190 valence electrons. The number of carbonyl (C=O) groups is 2. The van der Waals surface area contributed by atoms with Crippen LogP contribution in [0.3, 0.4) is 0 Å². The van der Waals surface area contributed by atoms with E-state index in [1.165, 1.54) is 0 Å². The normalized spacial score (nSPS) is 11.0. The molecule has 0 aliphatic carbocycles. The third-order valence-corrected chi connectivity index (χ3v) is 6.86. The molecule has 13 heteroatoms. The van der Waals surface area contributed by atoms with Gasteiger partial charge in [0.2, 0.25) is 11.8 Å². The summed E-state index contributed by atoms with van der Waals surface area (Å²) >= 11 is 22.5. The number of anilines is 2. The number of alkyl halides is 4. The summed E-state index contributed by atoms with van der Waals surface area (Å²) in [7, 11) is 0. The molecule has 35 heavy (non-hydrogen) atoms. The van der Waals surface area contributed by atoms with Gasteiger partial charge in [-0.1, -0.05) is 0 Å². The fourth-order valence-electron chi connectivity index (χ4n) is 1.94. The average Bonchev–Trinajstić information content (AvgIpc) is 2.81. The molecule has 0 fully saturated rings. The SMILES string of the molecule is CC(CCl)(CCl)C(=O)Nc1ccc(F)[c-]c1F.CC(CCl)(CCl)C(=O)Nc1ccc(F)[c-]c1F.[Ti+2]. The predicted molar refractivity (Wildman–Crippen MR) is 127 cm³/mol. The molecule has 0 saturated heterocycles. The second-order valence-electron chi connectivity index (χ2n) is 7.63. The molecule has 0 aliphatic rings. The number of benzene rings is 2. The summed E-state index contributed by atoms with van der Waals surface area (Å²) < 4.78 is 51.7. The van der Waals surface area contributed by atoms with E-state index >= 15 is 0 Å². The molecular formula is C22H20Cl4F4N2O2Ti. The smallest absolute Gasteiger partial charge is 0.376 e. The number of halogens is 8. The molecule has 0 bridgehead atoms. The summed E-state index contributed by atoms with van der Waals surface area (Å²) in [5, 5.41) is 4.60. The molecule has 2 aromatic carbocycles. The first-order valence-electron chi connectivity index (χ1n) is 9.47. The standard InChI is InChI=1S/2C11H10Cl2F2NO.Ti/c2*1-11(5-12,6-13)10(17)16-9-3-2-7(14)4-8(9)15;/h2*2-3H,5-6H2,1H3,(H,16,17);/q2*-1;+2. The Balaban J connectivity index is 0.000000642. The molecule has 2 amide bonds. The minimum atomic E-state index is -1.01. The number of carbonyl (C=O) groups excluding carboxylic acids is 2. The van der Waals surface area contributed by atoms with Crippen molar-refractivity contribution in [3.05, 3.63) is 59.7 Å². The molecule has 2 aromatic rings. The van der Waals surface area contributed by atoms with Crippen LogP contribution < -0.4 is 10.6 Å². The van der Waals surface area contributed by atoms with Gasteiger partial charge in [-0.25, -0.2) is 17.6 Å².